The maximum Gasteiger partial charge on any atom is 0.128 e. The normalized spacial score (nSPS) is 27.9. The summed E-state index contributed by atoms with van der Waals surface area (Å²) in [6.45, 7) is 12.6. The molecule has 0 saturated carbocycles. The number of aryl methyl sites for hydroxylation is 1. The molecule has 39 heavy (non-hydrogen) atoms. The average Bonchev–Trinajstić information content (AvgIpc) is 3.30. The van der Waals surface area contributed by atoms with E-state index in [1.807, 2.05) is 12.1 Å². The molecule has 0 amide bonds. The molecule has 3 aromatic rings. The molecular formula is C31H38N8. The van der Waals surface area contributed by atoms with E-state index in [4.69, 9.17) is 6.35 Å². The molecule has 4 aliphatic rings. The molecule has 4 saturated heterocycles. The minimum atomic E-state index is 0.195. The second-order valence-electron chi connectivity index (χ2n) is 11.9. The molecular weight excluding hydrogens is 484 g/mol. The van der Waals surface area contributed by atoms with Crippen molar-refractivity contribution in [3.8, 4) is 6.07 Å². The predicted octanol–water partition coefficient (Wildman–Crippen LogP) is 3.15. The zero-order chi connectivity index (χ0) is 27.4. The number of fused-ring (bicyclic) bond motifs is 4. The summed E-state index contributed by atoms with van der Waals surface area (Å²) in [5.41, 5.74) is 4.75. The molecule has 0 radical (unpaired) electrons. The van der Waals surface area contributed by atoms with Gasteiger partial charge in [0.25, 0.3) is 0 Å². The number of piperazine rings is 3. The third kappa shape index (κ3) is 4.63. The van der Waals surface area contributed by atoms with Crippen molar-refractivity contribution < 1.29 is 1.37 Å². The van der Waals surface area contributed by atoms with Crippen LogP contribution in [-0.2, 0) is 6.54 Å². The van der Waals surface area contributed by atoms with Crippen LogP contribution in [0.2, 0.25) is 0 Å². The van der Waals surface area contributed by atoms with E-state index < -0.39 is 0 Å². The molecule has 0 spiro atoms. The maximum atomic E-state index is 9.61. The Hall–Kier alpha value is -3.25. The van der Waals surface area contributed by atoms with Gasteiger partial charge in [-0.25, -0.2) is 4.98 Å². The molecule has 2 bridgehead atoms. The van der Waals surface area contributed by atoms with E-state index in [-0.39, 0.29) is 6.17 Å². The fourth-order valence-electron chi connectivity index (χ4n) is 7.38. The van der Waals surface area contributed by atoms with Gasteiger partial charge in [0, 0.05) is 99.5 Å². The highest BCUT2D eigenvalue weighted by molar-refractivity contribution is 5.95. The highest BCUT2D eigenvalue weighted by atomic mass is 15.4. The van der Waals surface area contributed by atoms with Crippen LogP contribution < -0.4 is 15.1 Å². The van der Waals surface area contributed by atoms with Crippen molar-refractivity contribution >= 4 is 22.4 Å². The number of nitriles is 1. The lowest BCUT2D eigenvalue weighted by Crippen LogP contribution is -2.65. The number of nitrogens with one attached hydrogen (secondary N) is 1. The second-order valence-corrected chi connectivity index (χ2v) is 11.9. The molecule has 8 heteroatoms. The molecule has 4 aliphatic heterocycles. The Morgan fingerprint density at radius 1 is 1.03 bits per heavy atom. The summed E-state index contributed by atoms with van der Waals surface area (Å²) in [7, 11) is 0. The van der Waals surface area contributed by atoms with Gasteiger partial charge in [0.05, 0.1) is 12.5 Å². The third-order valence-electron chi connectivity index (χ3n) is 9.37. The zero-order valence-corrected chi connectivity index (χ0v) is 23.0. The number of rotatable bonds is 4. The van der Waals surface area contributed by atoms with Gasteiger partial charge in [0.15, 0.2) is 0 Å². The molecule has 202 valence electrons. The van der Waals surface area contributed by atoms with E-state index >= 15 is 0 Å². The first-order valence-corrected chi connectivity index (χ1v) is 14.5. The van der Waals surface area contributed by atoms with Crippen LogP contribution in [0.15, 0.2) is 42.6 Å². The van der Waals surface area contributed by atoms with Crippen LogP contribution in [0.4, 0.5) is 11.5 Å². The first-order valence-electron chi connectivity index (χ1n) is 15.0. The van der Waals surface area contributed by atoms with E-state index in [0.717, 1.165) is 74.9 Å². The van der Waals surface area contributed by atoms with E-state index in [1.54, 1.807) is 6.07 Å². The Labute approximate surface area is 232 Å². The van der Waals surface area contributed by atoms with Gasteiger partial charge in [0.1, 0.15) is 11.9 Å². The lowest BCUT2D eigenvalue weighted by atomic mass is 10.0. The Bertz CT molecular complexity index is 1460. The van der Waals surface area contributed by atoms with Gasteiger partial charge in [-0.1, -0.05) is 6.07 Å². The molecule has 8 nitrogen and oxygen atoms in total. The van der Waals surface area contributed by atoms with Crippen molar-refractivity contribution in [3.63, 3.8) is 0 Å². The van der Waals surface area contributed by atoms with Crippen LogP contribution in [0.1, 0.15) is 38.0 Å². The largest absolute Gasteiger partial charge is 0.368 e. The topological polar surface area (TPSA) is 74.6 Å². The highest BCUT2D eigenvalue weighted by Crippen LogP contribution is 2.32. The molecule has 4 fully saturated rings. The fourth-order valence-corrected chi connectivity index (χ4v) is 7.38. The molecule has 2 aromatic heterocycles. The van der Waals surface area contributed by atoms with Crippen LogP contribution in [0, 0.1) is 18.3 Å². The number of nitrogens with zero attached hydrogens (tertiary/aromatic N) is 7. The van der Waals surface area contributed by atoms with Crippen molar-refractivity contribution in [2.24, 2.45) is 0 Å². The molecule has 1 N–H and O–H groups in total. The smallest absolute Gasteiger partial charge is 0.128 e. The third-order valence-corrected chi connectivity index (χ3v) is 9.37. The van der Waals surface area contributed by atoms with Gasteiger partial charge in [0.2, 0.25) is 0 Å². The quantitative estimate of drug-likeness (QED) is 0.559. The monoisotopic (exact) mass is 523 g/mol. The second kappa shape index (κ2) is 10.1. The van der Waals surface area contributed by atoms with E-state index in [2.05, 4.69) is 68.0 Å². The zero-order valence-electron chi connectivity index (χ0n) is 24.0. The number of aromatic nitrogens is 2. The minimum Gasteiger partial charge on any atom is -0.368 e. The van der Waals surface area contributed by atoms with Gasteiger partial charge in [-0.2, -0.15) is 5.26 Å². The van der Waals surface area contributed by atoms with E-state index in [9.17, 15) is 5.26 Å². The Kier molecular flexibility index (Phi) is 6.09. The number of hydrogen-bond donors (Lipinski definition) is 1. The minimum absolute atomic E-state index is 0.195. The lowest BCUT2D eigenvalue weighted by Gasteiger charge is -2.51. The van der Waals surface area contributed by atoms with Gasteiger partial charge >= 0.3 is 0 Å². The molecule has 0 aliphatic carbocycles. The molecule has 6 heterocycles. The van der Waals surface area contributed by atoms with E-state index in [1.165, 1.54) is 18.4 Å². The number of pyridine rings is 2. The average molecular weight is 524 g/mol. The first kappa shape index (κ1) is 23.6. The highest BCUT2D eigenvalue weighted by Gasteiger charge is 2.37. The van der Waals surface area contributed by atoms with E-state index in [0.29, 0.717) is 35.2 Å². The molecule has 4 atom stereocenters. The van der Waals surface area contributed by atoms with Gasteiger partial charge < -0.3 is 15.1 Å². The van der Waals surface area contributed by atoms with Crippen molar-refractivity contribution in [2.75, 3.05) is 55.6 Å². The number of anilines is 2. The summed E-state index contributed by atoms with van der Waals surface area (Å²) in [5.74, 6) is 1.13. The van der Waals surface area contributed by atoms with Crippen LogP contribution in [0.25, 0.3) is 10.9 Å². The Balaban J connectivity index is 1.06. The Morgan fingerprint density at radius 2 is 1.87 bits per heavy atom. The number of hydrogen-bond acceptors (Lipinski definition) is 8. The Morgan fingerprint density at radius 3 is 2.67 bits per heavy atom. The maximum absolute atomic E-state index is 9.61. The molecule has 1 aromatic carbocycles. The first-order chi connectivity index (χ1) is 19.4. The van der Waals surface area contributed by atoms with Gasteiger partial charge in [-0.05, 0) is 62.6 Å². The molecule has 2 unspecified atom stereocenters. The molecule has 7 rings (SSSR count). The lowest BCUT2D eigenvalue weighted by molar-refractivity contribution is 0.0316. The van der Waals surface area contributed by atoms with Crippen LogP contribution in [0.5, 0.6) is 0 Å². The summed E-state index contributed by atoms with van der Waals surface area (Å²) in [4.78, 5) is 19.7. The van der Waals surface area contributed by atoms with Crippen LogP contribution >= 0.6 is 0 Å². The standard InChI is InChI=1S/C31H38N8/c1-21-15-37(29-9-5-23(14-32)31-28(29)4-3-11-33-31)20-27-19-36(12-13-39(21)27)16-24-6-10-30(34-22(24)2)38-17-25-7-8-26(18-38)35-25/h3-6,9-11,21,25-27,35H,7-8,12-13,15-20H2,1-2H3/t21-,25?,26?,27+/m1/s1/i11D. The summed E-state index contributed by atoms with van der Waals surface area (Å²) in [6, 6.07) is 16.5. The van der Waals surface area contributed by atoms with Crippen LogP contribution in [0.3, 0.4) is 0 Å². The fraction of sp³-hybridized carbons (Fsp3) is 0.516. The SMILES string of the molecule is [2H]c1ccc2c(N3C[C@@H]4CN(Cc5ccc(N6CC7CCC(C6)N7)nc5C)CCN4[C@H](C)C3)ccc(C#N)c2n1. The van der Waals surface area contributed by atoms with Crippen molar-refractivity contribution in [3.05, 3.63) is 59.4 Å². The summed E-state index contributed by atoms with van der Waals surface area (Å²) >= 11 is 0. The van der Waals surface area contributed by atoms with Crippen molar-refractivity contribution in [2.45, 2.75) is 57.4 Å². The summed E-state index contributed by atoms with van der Waals surface area (Å²) in [5, 5.41) is 14.3. The van der Waals surface area contributed by atoms with Gasteiger partial charge in [-0.3, -0.25) is 14.8 Å². The predicted molar refractivity (Wildman–Crippen MR) is 155 cm³/mol. The van der Waals surface area contributed by atoms with Gasteiger partial charge in [-0.15, -0.1) is 0 Å². The summed E-state index contributed by atoms with van der Waals surface area (Å²) in [6.07, 6.45) is 2.76. The number of benzene rings is 1. The van der Waals surface area contributed by atoms with Crippen molar-refractivity contribution in [1.82, 2.24) is 25.1 Å². The van der Waals surface area contributed by atoms with Crippen LogP contribution in [-0.4, -0.2) is 89.7 Å². The van der Waals surface area contributed by atoms with Crippen molar-refractivity contribution in [1.29, 1.82) is 5.26 Å². The summed E-state index contributed by atoms with van der Waals surface area (Å²) < 4.78 is 7.97.